The fraction of sp³-hybridized carbons (Fsp3) is 0.506. The topological polar surface area (TPSA) is 285 Å². The van der Waals surface area contributed by atoms with Crippen molar-refractivity contribution < 1.29 is 9.47 Å². The number of para-hydroxylation sites is 2. The van der Waals surface area contributed by atoms with Crippen molar-refractivity contribution in [2.75, 3.05) is 165 Å². The van der Waals surface area contributed by atoms with Gasteiger partial charge in [0.2, 0.25) is 0 Å². The molecule has 4 fully saturated rings. The molecule has 9 heterocycles. The molecule has 31 nitrogen and oxygen atoms in total. The van der Waals surface area contributed by atoms with E-state index in [-0.39, 0.29) is 45.0 Å². The Morgan fingerprint density at radius 3 is 1.13 bits per heavy atom. The van der Waals surface area contributed by atoms with Crippen molar-refractivity contribution in [3.63, 3.8) is 0 Å². The van der Waals surface area contributed by atoms with Crippen LogP contribution in [-0.4, -0.2) is 227 Å². The molecule has 0 atom stereocenters. The van der Waals surface area contributed by atoms with Crippen LogP contribution in [0.5, 0.6) is 11.5 Å². The number of unbranched alkanes of at least 4 members (excludes halogenated alkanes) is 4. The quantitative estimate of drug-likeness (QED) is 0.0703. The molecule has 31 heteroatoms. The number of methoxy groups -OCH3 is 2. The highest BCUT2D eigenvalue weighted by molar-refractivity contribution is 5.95. The molecule has 0 radical (unpaired) electrons. The molecule has 4 aliphatic rings. The SMILES string of the molecule is Cc1cccc(N2CCN(CCCCn3ncc(=O)n(C)c3=O)CC2)c1.Cc1cccc(N2CCN(CCCCn3ncc(=O)n(C)c3=O)CC2)n1.Cn1c(=O)cnn(CCCCN2CCN(c3cccc4ccc(O[11CH3])cc34)CC2)c1=O.Cn1c(=O)cnn(CCCCN2CCN(c3ccccc3O[11CH3])CC2)c1=O. The van der Waals surface area contributed by atoms with Gasteiger partial charge in [-0.1, -0.05) is 48.5 Å². The first-order valence-electron chi connectivity index (χ1n) is 38.4. The van der Waals surface area contributed by atoms with E-state index in [1.165, 1.54) is 99.4 Å². The molecule has 0 amide bonds. The number of fused-ring (bicyclic) bond motifs is 1. The van der Waals surface area contributed by atoms with Crippen molar-refractivity contribution in [2.45, 2.75) is 91.4 Å². The second-order valence-electron chi connectivity index (χ2n) is 28.3. The molecule has 13 rings (SSSR count). The number of aryl methyl sites for hydroxylation is 6. The Morgan fingerprint density at radius 1 is 0.345 bits per heavy atom. The van der Waals surface area contributed by atoms with Crippen molar-refractivity contribution >= 4 is 33.7 Å². The van der Waals surface area contributed by atoms with Crippen molar-refractivity contribution in [1.29, 1.82) is 0 Å². The molecule has 5 aromatic heterocycles. The molecule has 0 aliphatic carbocycles. The zero-order valence-corrected chi connectivity index (χ0v) is 65.2. The highest BCUT2D eigenvalue weighted by Crippen LogP contribution is 2.32. The van der Waals surface area contributed by atoms with Gasteiger partial charge in [-0.2, -0.15) is 20.4 Å². The lowest BCUT2D eigenvalue weighted by molar-refractivity contribution is 0.249. The van der Waals surface area contributed by atoms with E-state index in [4.69, 9.17) is 9.47 Å². The third kappa shape index (κ3) is 22.8. The minimum atomic E-state index is -0.372. The number of nitrogens with zero attached hydrogens (tertiary/aromatic N) is 21. The number of pyridine rings is 1. The predicted molar refractivity (Wildman–Crippen MR) is 430 cm³/mol. The summed E-state index contributed by atoms with van der Waals surface area (Å²) in [4.78, 5) is 117. The molecular weight excluding hydrogens is 1400 g/mol. The van der Waals surface area contributed by atoms with E-state index in [9.17, 15) is 38.4 Å². The number of anilines is 4. The van der Waals surface area contributed by atoms with E-state index >= 15 is 0 Å². The Labute approximate surface area is 640 Å². The maximum Gasteiger partial charge on any atom is 0.347 e. The van der Waals surface area contributed by atoms with Crippen molar-refractivity contribution in [2.24, 2.45) is 28.2 Å². The van der Waals surface area contributed by atoms with E-state index < -0.39 is 0 Å². The van der Waals surface area contributed by atoms with E-state index in [2.05, 4.69) is 144 Å². The predicted octanol–water partition coefficient (Wildman–Crippen LogP) is 3.36. The van der Waals surface area contributed by atoms with Crippen molar-refractivity contribution in [3.05, 3.63) is 223 Å². The Morgan fingerprint density at radius 2 is 0.718 bits per heavy atom. The second-order valence-corrected chi connectivity index (χ2v) is 28.3. The minimum absolute atomic E-state index is 0.343. The van der Waals surface area contributed by atoms with E-state index in [1.807, 2.05) is 37.3 Å². The molecule has 0 spiro atoms. The van der Waals surface area contributed by atoms with Crippen molar-refractivity contribution in [1.82, 2.24) is 82.0 Å². The summed E-state index contributed by atoms with van der Waals surface area (Å²) in [5, 5.41) is 18.2. The fourth-order valence-electron chi connectivity index (χ4n) is 14.0. The van der Waals surface area contributed by atoms with Gasteiger partial charge in [0, 0.05) is 182 Å². The highest BCUT2D eigenvalue weighted by atomic mass is 16.4. The number of piperazine rings is 4. The van der Waals surface area contributed by atoms with Crippen LogP contribution in [0.2, 0.25) is 0 Å². The van der Waals surface area contributed by atoms with E-state index in [1.54, 1.807) is 14.2 Å². The van der Waals surface area contributed by atoms with Gasteiger partial charge in [0.15, 0.2) is 0 Å². The molecular formula is C79H109N21O10. The summed E-state index contributed by atoms with van der Waals surface area (Å²) in [7, 11) is 9.33. The molecule has 110 heavy (non-hydrogen) atoms. The lowest BCUT2D eigenvalue weighted by Gasteiger charge is -2.36. The largest absolute Gasteiger partial charge is 0.497 e. The van der Waals surface area contributed by atoms with Gasteiger partial charge in [-0.3, -0.25) is 57.0 Å². The first-order valence-corrected chi connectivity index (χ1v) is 38.4. The summed E-state index contributed by atoms with van der Waals surface area (Å²) < 4.78 is 20.7. The zero-order valence-electron chi connectivity index (χ0n) is 65.2. The van der Waals surface area contributed by atoms with Gasteiger partial charge in [-0.25, -0.2) is 42.9 Å². The number of hydrogen-bond donors (Lipinski definition) is 0. The molecule has 590 valence electrons. The lowest BCUT2D eigenvalue weighted by atomic mass is 10.1. The average molecular weight is 1510 g/mol. The summed E-state index contributed by atoms with van der Waals surface area (Å²) in [5.41, 5.74) is 3.19. The minimum Gasteiger partial charge on any atom is -0.497 e. The van der Waals surface area contributed by atoms with Crippen LogP contribution < -0.4 is 74.1 Å². The fourth-order valence-corrected chi connectivity index (χ4v) is 14.0. The third-order valence-corrected chi connectivity index (χ3v) is 20.8. The summed E-state index contributed by atoms with van der Waals surface area (Å²) in [5.74, 6) is 2.86. The summed E-state index contributed by atoms with van der Waals surface area (Å²) in [6, 6.07) is 35.6. The molecule has 0 unspecified atom stereocenters. The van der Waals surface area contributed by atoms with E-state index in [0.717, 1.165) is 229 Å². The van der Waals surface area contributed by atoms with Crippen LogP contribution in [0.4, 0.5) is 22.9 Å². The standard InChI is InChI=1S/C23H29N5O3.C19H27N5O3.C19H27N5O2.C18H26N6O2/c1-25-22(29)17-24-28(23(25)30)11-4-3-10-26-12-14-27(15-13-26)21-7-5-6-18-8-9-19(31-2)16-20(18)21;1-21-18(25)15-20-24(19(21)26)10-6-5-9-22-11-13-23(14-12-22)16-7-3-4-8-17(16)27-2;1-16-6-5-7-17(14-16)23-12-10-22(11-13-23)8-3-4-9-24-19(26)21(2)18(25)15-20-24;1-15-6-5-7-16(20-15)23-12-10-22(11-13-23)8-3-4-9-24-18(26)21(2)17(25)14-19-24/h5-9,16-17H,3-4,10-15H2,1-2H3;3-4,7-8,15H,5-6,9-14H2,1-2H3;5-7,14-15H,3-4,8-13H2,1-2H3;5-7,14H,3-4,8-13H2,1-2H3/i2*2-1;;. The molecule has 9 aromatic rings. The monoisotopic (exact) mass is 1510 g/mol. The number of benzene rings is 4. The van der Waals surface area contributed by atoms with Crippen LogP contribution in [-0.2, 0) is 54.4 Å². The van der Waals surface area contributed by atoms with Crippen LogP contribution in [0.1, 0.15) is 62.6 Å². The second kappa shape index (κ2) is 40.7. The summed E-state index contributed by atoms with van der Waals surface area (Å²) in [6.45, 7) is 26.5. The number of aromatic nitrogens is 13. The van der Waals surface area contributed by atoms with Crippen LogP contribution in [0.25, 0.3) is 10.8 Å². The third-order valence-electron chi connectivity index (χ3n) is 20.8. The molecule has 0 bridgehead atoms. The smallest absolute Gasteiger partial charge is 0.347 e. The average Bonchev–Trinajstić information content (AvgIpc) is 0.795. The molecule has 0 saturated carbocycles. The van der Waals surface area contributed by atoms with Crippen LogP contribution >= 0.6 is 0 Å². The van der Waals surface area contributed by atoms with Gasteiger partial charge in [-0.05, 0) is 157 Å². The maximum atomic E-state index is 12.0. The van der Waals surface area contributed by atoms with Crippen LogP contribution in [0.15, 0.2) is 166 Å². The first-order chi connectivity index (χ1) is 53.2. The highest BCUT2D eigenvalue weighted by Gasteiger charge is 2.23. The van der Waals surface area contributed by atoms with Crippen LogP contribution in [0.3, 0.4) is 0 Å². The number of hydrogen-bond acceptors (Lipinski definition) is 23. The van der Waals surface area contributed by atoms with Gasteiger partial charge >= 0.3 is 22.8 Å². The molecule has 0 N–H and O–H groups in total. The summed E-state index contributed by atoms with van der Waals surface area (Å²) >= 11 is 0. The van der Waals surface area contributed by atoms with Crippen LogP contribution in [0, 0.1) is 13.8 Å². The Kier molecular flexibility index (Phi) is 30.3. The lowest BCUT2D eigenvalue weighted by Crippen LogP contribution is -2.47. The number of ether oxygens (including phenoxy) is 2. The zero-order chi connectivity index (χ0) is 78.1. The molecule has 4 saturated heterocycles. The van der Waals surface area contributed by atoms with Gasteiger partial charge < -0.3 is 29.1 Å². The molecule has 4 aromatic carbocycles. The maximum absolute atomic E-state index is 12.0. The molecule has 4 aliphatic heterocycles. The first kappa shape index (κ1) is 81.9. The summed E-state index contributed by atoms with van der Waals surface area (Å²) in [6.07, 6.45) is 12.2. The van der Waals surface area contributed by atoms with E-state index in [0.29, 0.717) is 26.2 Å². The Hall–Kier alpha value is -10.6. The Bertz CT molecular complexity index is 4810. The number of rotatable bonds is 26. The Balaban J connectivity index is 0.000000156. The van der Waals surface area contributed by atoms with Gasteiger partial charge in [0.1, 0.15) is 42.1 Å². The normalized spacial score (nSPS) is 15.2. The van der Waals surface area contributed by atoms with Gasteiger partial charge in [0.05, 0.1) is 19.9 Å². The van der Waals surface area contributed by atoms with Crippen molar-refractivity contribution in [3.8, 4) is 11.5 Å². The van der Waals surface area contributed by atoms with Gasteiger partial charge in [-0.15, -0.1) is 0 Å². The van der Waals surface area contributed by atoms with Gasteiger partial charge in [0.25, 0.3) is 22.2 Å².